The van der Waals surface area contributed by atoms with Crippen LogP contribution in [-0.4, -0.2) is 32.0 Å². The molecule has 3 heterocycles. The van der Waals surface area contributed by atoms with E-state index in [1.165, 1.54) is 0 Å². The number of esters is 1. The molecular weight excluding hydrogens is 440 g/mol. The maximum Gasteiger partial charge on any atom is 0.358 e. The van der Waals surface area contributed by atoms with Crippen LogP contribution in [0.15, 0.2) is 84.9 Å². The Bertz CT molecular complexity index is 1470. The number of hydrogen-bond donors (Lipinski definition) is 0. The van der Waals surface area contributed by atoms with Crippen LogP contribution in [0.25, 0.3) is 16.8 Å². The number of hydrogen-bond acceptors (Lipinski definition) is 5. The molecular formula is C28H26N4O3. The summed E-state index contributed by atoms with van der Waals surface area (Å²) in [7, 11) is 0. The standard InChI is InChI=1S/C28H26N4O3/c1-3-34-28(33)26-16-20(2)31(29-26)18-23-13-9-12-22-17-25(30-32(22)23)24-14-7-8-15-27(24)35-19-21-10-5-4-6-11-21/h4-17H,3,18-19H2,1-2H3. The van der Waals surface area contributed by atoms with Crippen LogP contribution >= 0.6 is 0 Å². The summed E-state index contributed by atoms with van der Waals surface area (Å²) in [4.78, 5) is 12.1. The molecule has 0 aliphatic carbocycles. The fourth-order valence-corrected chi connectivity index (χ4v) is 3.99. The molecule has 0 amide bonds. The van der Waals surface area contributed by atoms with Gasteiger partial charge < -0.3 is 9.47 Å². The van der Waals surface area contributed by atoms with Gasteiger partial charge in [-0.25, -0.2) is 9.31 Å². The fourth-order valence-electron chi connectivity index (χ4n) is 3.99. The van der Waals surface area contributed by atoms with Gasteiger partial charge in [-0.2, -0.15) is 10.2 Å². The molecule has 0 fully saturated rings. The SMILES string of the molecule is CCOC(=O)c1cc(C)n(Cc2cccc3cc(-c4ccccc4OCc4ccccc4)nn23)n1. The van der Waals surface area contributed by atoms with E-state index in [-0.39, 0.29) is 0 Å². The summed E-state index contributed by atoms with van der Waals surface area (Å²) >= 11 is 0. The van der Waals surface area contributed by atoms with Gasteiger partial charge in [0.05, 0.1) is 30.1 Å². The molecule has 0 saturated heterocycles. The van der Waals surface area contributed by atoms with Crippen molar-refractivity contribution in [2.75, 3.05) is 6.61 Å². The van der Waals surface area contributed by atoms with Crippen LogP contribution < -0.4 is 4.74 Å². The van der Waals surface area contributed by atoms with E-state index in [0.717, 1.165) is 39.5 Å². The minimum Gasteiger partial charge on any atom is -0.488 e. The lowest BCUT2D eigenvalue weighted by molar-refractivity contribution is 0.0518. The predicted octanol–water partition coefficient (Wildman–Crippen LogP) is 5.31. The van der Waals surface area contributed by atoms with Crippen LogP contribution in [0.5, 0.6) is 5.75 Å². The zero-order valence-corrected chi connectivity index (χ0v) is 19.7. The first-order chi connectivity index (χ1) is 17.1. The zero-order valence-electron chi connectivity index (χ0n) is 19.7. The molecule has 0 spiro atoms. The molecule has 5 aromatic rings. The maximum atomic E-state index is 12.1. The number of rotatable bonds is 8. The topological polar surface area (TPSA) is 70.7 Å². The molecule has 0 radical (unpaired) electrons. The van der Waals surface area contributed by atoms with Gasteiger partial charge in [-0.1, -0.05) is 48.5 Å². The van der Waals surface area contributed by atoms with Crippen molar-refractivity contribution in [2.24, 2.45) is 0 Å². The lowest BCUT2D eigenvalue weighted by Crippen LogP contribution is -2.10. The highest BCUT2D eigenvalue weighted by Gasteiger charge is 2.16. The third-order valence-electron chi connectivity index (χ3n) is 5.74. The first-order valence-corrected chi connectivity index (χ1v) is 11.6. The minimum atomic E-state index is -0.416. The van der Waals surface area contributed by atoms with E-state index in [1.807, 2.05) is 90.3 Å². The highest BCUT2D eigenvalue weighted by atomic mass is 16.5. The van der Waals surface area contributed by atoms with E-state index in [4.69, 9.17) is 14.6 Å². The monoisotopic (exact) mass is 466 g/mol. The summed E-state index contributed by atoms with van der Waals surface area (Å²) in [6.07, 6.45) is 0. The molecule has 0 aliphatic rings. The van der Waals surface area contributed by atoms with Gasteiger partial charge in [0.1, 0.15) is 12.4 Å². The number of fused-ring (bicyclic) bond motifs is 1. The lowest BCUT2D eigenvalue weighted by atomic mass is 10.1. The first kappa shape index (κ1) is 22.4. The molecule has 0 atom stereocenters. The van der Waals surface area contributed by atoms with Gasteiger partial charge in [0.15, 0.2) is 5.69 Å². The highest BCUT2D eigenvalue weighted by Crippen LogP contribution is 2.30. The first-order valence-electron chi connectivity index (χ1n) is 11.6. The largest absolute Gasteiger partial charge is 0.488 e. The summed E-state index contributed by atoms with van der Waals surface area (Å²) in [6.45, 7) is 4.97. The Balaban J connectivity index is 1.44. The smallest absolute Gasteiger partial charge is 0.358 e. The minimum absolute atomic E-state index is 0.308. The molecule has 0 saturated carbocycles. The summed E-state index contributed by atoms with van der Waals surface area (Å²) in [5, 5.41) is 9.34. The van der Waals surface area contributed by atoms with Gasteiger partial charge in [0.25, 0.3) is 0 Å². The third kappa shape index (κ3) is 4.80. The van der Waals surface area contributed by atoms with Crippen LogP contribution in [0.3, 0.4) is 0 Å². The van der Waals surface area contributed by atoms with Crippen LogP contribution in [0.1, 0.15) is 34.4 Å². The molecule has 7 heteroatoms. The normalized spacial score (nSPS) is 11.0. The highest BCUT2D eigenvalue weighted by molar-refractivity contribution is 5.87. The molecule has 0 bridgehead atoms. The summed E-state index contributed by atoms with van der Waals surface area (Å²) < 4.78 is 14.9. The van der Waals surface area contributed by atoms with E-state index in [0.29, 0.717) is 25.5 Å². The zero-order chi connectivity index (χ0) is 24.2. The third-order valence-corrected chi connectivity index (χ3v) is 5.74. The molecule has 7 nitrogen and oxygen atoms in total. The van der Waals surface area contributed by atoms with Crippen LogP contribution in [0.2, 0.25) is 0 Å². The van der Waals surface area contributed by atoms with Crippen molar-refractivity contribution >= 4 is 11.5 Å². The number of pyridine rings is 1. The second kappa shape index (κ2) is 9.85. The van der Waals surface area contributed by atoms with E-state index in [1.54, 1.807) is 17.7 Å². The van der Waals surface area contributed by atoms with Crippen molar-refractivity contribution in [1.29, 1.82) is 0 Å². The van der Waals surface area contributed by atoms with Crippen molar-refractivity contribution < 1.29 is 14.3 Å². The molecule has 176 valence electrons. The second-order valence-electron chi connectivity index (χ2n) is 8.20. The Morgan fingerprint density at radius 3 is 2.54 bits per heavy atom. The molecule has 0 aliphatic heterocycles. The average Bonchev–Trinajstić information content (AvgIpc) is 3.48. The van der Waals surface area contributed by atoms with Crippen LogP contribution in [0, 0.1) is 6.92 Å². The molecule has 5 rings (SSSR count). The van der Waals surface area contributed by atoms with E-state index in [2.05, 4.69) is 5.10 Å². The van der Waals surface area contributed by atoms with Gasteiger partial charge in [-0.15, -0.1) is 0 Å². The Morgan fingerprint density at radius 1 is 0.914 bits per heavy atom. The van der Waals surface area contributed by atoms with E-state index in [9.17, 15) is 4.79 Å². The molecule has 2 aromatic carbocycles. The quantitative estimate of drug-likeness (QED) is 0.290. The molecule has 0 N–H and O–H groups in total. The Labute approximate surface area is 203 Å². The second-order valence-corrected chi connectivity index (χ2v) is 8.20. The predicted molar refractivity (Wildman–Crippen MR) is 133 cm³/mol. The van der Waals surface area contributed by atoms with Crippen molar-refractivity contribution in [3.05, 3.63) is 108 Å². The Morgan fingerprint density at radius 2 is 1.71 bits per heavy atom. The summed E-state index contributed by atoms with van der Waals surface area (Å²) in [5.41, 5.74) is 5.95. The van der Waals surface area contributed by atoms with Gasteiger partial charge in [-0.3, -0.25) is 4.68 Å². The van der Waals surface area contributed by atoms with Gasteiger partial charge in [0, 0.05) is 11.3 Å². The van der Waals surface area contributed by atoms with E-state index < -0.39 is 5.97 Å². The number of carbonyl (C=O) groups is 1. The number of benzene rings is 2. The maximum absolute atomic E-state index is 12.1. The van der Waals surface area contributed by atoms with Crippen LogP contribution in [-0.2, 0) is 17.9 Å². The number of aryl methyl sites for hydroxylation is 1. The summed E-state index contributed by atoms with van der Waals surface area (Å²) in [6, 6.07) is 27.9. The number of aromatic nitrogens is 4. The van der Waals surface area contributed by atoms with Gasteiger partial charge in [-0.05, 0) is 55.8 Å². The number of carbonyl (C=O) groups excluding carboxylic acids is 1. The molecule has 35 heavy (non-hydrogen) atoms. The van der Waals surface area contributed by atoms with Crippen LogP contribution in [0.4, 0.5) is 0 Å². The van der Waals surface area contributed by atoms with Crippen molar-refractivity contribution in [3.63, 3.8) is 0 Å². The Hall–Kier alpha value is -4.39. The number of ether oxygens (including phenoxy) is 2. The van der Waals surface area contributed by atoms with E-state index >= 15 is 0 Å². The Kier molecular flexibility index (Phi) is 6.30. The lowest BCUT2D eigenvalue weighted by Gasteiger charge is -2.10. The van der Waals surface area contributed by atoms with Crippen molar-refractivity contribution in [3.8, 4) is 17.0 Å². The number of para-hydroxylation sites is 1. The summed E-state index contributed by atoms with van der Waals surface area (Å²) in [5.74, 6) is 0.365. The van der Waals surface area contributed by atoms with Gasteiger partial charge in [0.2, 0.25) is 0 Å². The van der Waals surface area contributed by atoms with Gasteiger partial charge >= 0.3 is 5.97 Å². The average molecular weight is 467 g/mol. The fraction of sp³-hybridized carbons (Fsp3) is 0.179. The molecule has 0 unspecified atom stereocenters. The number of nitrogens with zero attached hydrogens (tertiary/aromatic N) is 4. The van der Waals surface area contributed by atoms with Crippen molar-refractivity contribution in [2.45, 2.75) is 27.0 Å². The van der Waals surface area contributed by atoms with Crippen molar-refractivity contribution in [1.82, 2.24) is 19.4 Å². The molecule has 3 aromatic heterocycles.